The summed E-state index contributed by atoms with van der Waals surface area (Å²) in [6.45, 7) is 7.48. The zero-order valence-electron chi connectivity index (χ0n) is 16.6. The van der Waals surface area contributed by atoms with Crippen molar-refractivity contribution >= 4 is 41.2 Å². The number of aromatic nitrogens is 1. The van der Waals surface area contributed by atoms with Crippen molar-refractivity contribution in [2.75, 3.05) is 7.11 Å². The summed E-state index contributed by atoms with van der Waals surface area (Å²) >= 11 is 11.7. The molecule has 0 aromatic carbocycles. The number of nitrogens with zero attached hydrogens (tertiary/aromatic N) is 1. The second-order valence-corrected chi connectivity index (χ2v) is 7.46. The third-order valence-electron chi connectivity index (χ3n) is 3.14. The predicted octanol–water partition coefficient (Wildman–Crippen LogP) is 3.17. The quantitative estimate of drug-likeness (QED) is 0.301. The first-order valence-corrected chi connectivity index (χ1v) is 8.98. The molecule has 0 spiro atoms. The van der Waals surface area contributed by atoms with Gasteiger partial charge in [0, 0.05) is 0 Å². The van der Waals surface area contributed by atoms with E-state index < -0.39 is 47.8 Å². The molecule has 1 rings (SSSR count). The third kappa shape index (κ3) is 7.21. The normalized spacial score (nSPS) is 13.1. The Morgan fingerprint density at radius 2 is 1.72 bits per heavy atom. The maximum Gasteiger partial charge on any atom is 0.410 e. The van der Waals surface area contributed by atoms with Gasteiger partial charge < -0.3 is 18.9 Å². The number of alkyl carbamates (subject to hydrolysis) is 1. The van der Waals surface area contributed by atoms with E-state index in [1.165, 1.54) is 13.8 Å². The van der Waals surface area contributed by atoms with Gasteiger partial charge in [-0.25, -0.2) is 14.4 Å². The first kappa shape index (κ1) is 24.7. The van der Waals surface area contributed by atoms with Gasteiger partial charge in [0.05, 0.1) is 7.11 Å². The maximum absolute atomic E-state index is 13.7. The smallest absolute Gasteiger partial charge is 0.410 e. The fraction of sp³-hybridized carbons (Fsp3) is 0.529. The van der Waals surface area contributed by atoms with Gasteiger partial charge in [0.2, 0.25) is 11.8 Å². The maximum atomic E-state index is 13.7. The molecule has 0 fully saturated rings. The van der Waals surface area contributed by atoms with Gasteiger partial charge in [-0.1, -0.05) is 23.2 Å². The summed E-state index contributed by atoms with van der Waals surface area (Å²) in [6, 6.07) is 0. The van der Waals surface area contributed by atoms with Crippen molar-refractivity contribution in [2.24, 2.45) is 0 Å². The Hall–Kier alpha value is -2.33. The molecule has 12 heteroatoms. The Bertz CT molecular complexity index is 799. The zero-order valence-corrected chi connectivity index (χ0v) is 18.1. The van der Waals surface area contributed by atoms with Crippen LogP contribution >= 0.6 is 23.2 Å². The molecule has 0 saturated heterocycles. The monoisotopic (exact) mass is 454 g/mol. The number of carbonyl (C=O) groups excluding carboxylic acids is 3. The summed E-state index contributed by atoms with van der Waals surface area (Å²) in [5.41, 5.74) is -0.695. The fourth-order valence-corrected chi connectivity index (χ4v) is 2.13. The van der Waals surface area contributed by atoms with Crippen LogP contribution in [0.5, 0.6) is 5.88 Å². The SMILES string of the molecule is COC(=O)C(NC(=O)OC(C)(C)C)OC(=O)[C@@H](C)Oc1nc(F)c(Cl)c(C)c1Cl. The molecule has 0 aliphatic carbocycles. The topological polar surface area (TPSA) is 113 Å². The lowest BCUT2D eigenvalue weighted by Gasteiger charge is -2.23. The van der Waals surface area contributed by atoms with Gasteiger partial charge in [0.25, 0.3) is 6.23 Å². The number of amides is 1. The van der Waals surface area contributed by atoms with Crippen LogP contribution < -0.4 is 10.1 Å². The molecule has 1 aromatic heterocycles. The van der Waals surface area contributed by atoms with Crippen LogP contribution in [0.25, 0.3) is 0 Å². The van der Waals surface area contributed by atoms with Gasteiger partial charge >= 0.3 is 18.0 Å². The summed E-state index contributed by atoms with van der Waals surface area (Å²) in [5, 5.41) is 1.67. The predicted molar refractivity (Wildman–Crippen MR) is 100 cm³/mol. The molecule has 9 nitrogen and oxygen atoms in total. The molecule has 1 aromatic rings. The molecule has 2 atom stereocenters. The summed E-state index contributed by atoms with van der Waals surface area (Å²) in [4.78, 5) is 39.3. The van der Waals surface area contributed by atoms with Gasteiger partial charge in [-0.05, 0) is 40.2 Å². The van der Waals surface area contributed by atoms with Crippen LogP contribution in [0.15, 0.2) is 0 Å². The van der Waals surface area contributed by atoms with E-state index in [-0.39, 0.29) is 15.6 Å². The minimum Gasteiger partial charge on any atom is -0.465 e. The molecule has 1 heterocycles. The Labute approximate surface area is 176 Å². The molecular weight excluding hydrogens is 434 g/mol. The first-order valence-electron chi connectivity index (χ1n) is 8.22. The number of methoxy groups -OCH3 is 1. The minimum atomic E-state index is -1.81. The lowest BCUT2D eigenvalue weighted by molar-refractivity contribution is -0.172. The molecular formula is C17H21Cl2FN2O7. The standard InChI is InChI=1S/C17H21Cl2FN2O7/c1-7-9(18)11(20)21-12(10(7)19)27-8(2)14(23)28-13(15(24)26-6)22-16(25)29-17(3,4)5/h8,13H,1-6H3,(H,22,25)/t8-,13?/m1/s1. The van der Waals surface area contributed by atoms with Crippen LogP contribution in [0.1, 0.15) is 33.3 Å². The average molecular weight is 455 g/mol. The molecule has 0 aliphatic rings. The second kappa shape index (κ2) is 9.93. The lowest BCUT2D eigenvalue weighted by atomic mass is 10.2. The first-order chi connectivity index (χ1) is 13.3. The van der Waals surface area contributed by atoms with E-state index >= 15 is 0 Å². The molecule has 0 radical (unpaired) electrons. The summed E-state index contributed by atoms with van der Waals surface area (Å²) in [7, 11) is 1.03. The number of halogens is 3. The average Bonchev–Trinajstić information content (AvgIpc) is 2.61. The van der Waals surface area contributed by atoms with Crippen LogP contribution in [0.4, 0.5) is 9.18 Å². The van der Waals surface area contributed by atoms with Crippen molar-refractivity contribution in [1.29, 1.82) is 0 Å². The van der Waals surface area contributed by atoms with Crippen LogP contribution in [0.2, 0.25) is 10.0 Å². The number of nitrogens with one attached hydrogen (secondary N) is 1. The van der Waals surface area contributed by atoms with Crippen LogP contribution in [-0.4, -0.2) is 48.1 Å². The number of hydrogen-bond donors (Lipinski definition) is 1. The number of rotatable bonds is 6. The van der Waals surface area contributed by atoms with Crippen LogP contribution in [0, 0.1) is 12.9 Å². The molecule has 0 bridgehead atoms. The summed E-state index contributed by atoms with van der Waals surface area (Å²) in [6.07, 6.45) is -4.21. The van der Waals surface area contributed by atoms with Crippen molar-refractivity contribution in [3.8, 4) is 5.88 Å². The zero-order chi connectivity index (χ0) is 22.5. The highest BCUT2D eigenvalue weighted by Crippen LogP contribution is 2.32. The molecule has 162 valence electrons. The van der Waals surface area contributed by atoms with Gasteiger partial charge in [-0.3, -0.25) is 5.32 Å². The molecule has 1 N–H and O–H groups in total. The van der Waals surface area contributed by atoms with E-state index in [2.05, 4.69) is 15.0 Å². The largest absolute Gasteiger partial charge is 0.465 e. The van der Waals surface area contributed by atoms with Crippen LogP contribution in [0.3, 0.4) is 0 Å². The van der Waals surface area contributed by atoms with Gasteiger partial charge in [0.1, 0.15) is 15.6 Å². The van der Waals surface area contributed by atoms with Crippen LogP contribution in [-0.2, 0) is 23.8 Å². The van der Waals surface area contributed by atoms with Crippen molar-refractivity contribution in [2.45, 2.75) is 52.6 Å². The van der Waals surface area contributed by atoms with E-state index in [4.69, 9.17) is 37.4 Å². The van der Waals surface area contributed by atoms with E-state index in [1.54, 1.807) is 20.8 Å². The van der Waals surface area contributed by atoms with Crippen molar-refractivity contribution in [1.82, 2.24) is 10.3 Å². The van der Waals surface area contributed by atoms with Crippen molar-refractivity contribution in [3.05, 3.63) is 21.6 Å². The molecule has 29 heavy (non-hydrogen) atoms. The van der Waals surface area contributed by atoms with Gasteiger partial charge in [-0.15, -0.1) is 0 Å². The fourth-order valence-electron chi connectivity index (χ4n) is 1.76. The number of hydrogen-bond acceptors (Lipinski definition) is 8. The number of carbonyl (C=O) groups is 3. The third-order valence-corrected chi connectivity index (χ3v) is 4.03. The van der Waals surface area contributed by atoms with Crippen molar-refractivity contribution in [3.63, 3.8) is 0 Å². The van der Waals surface area contributed by atoms with Gasteiger partial charge in [-0.2, -0.15) is 9.37 Å². The molecule has 1 amide bonds. The Morgan fingerprint density at radius 3 is 2.24 bits per heavy atom. The van der Waals surface area contributed by atoms with E-state index in [9.17, 15) is 18.8 Å². The van der Waals surface area contributed by atoms with Gasteiger partial charge in [0.15, 0.2) is 6.10 Å². The van der Waals surface area contributed by atoms with E-state index in [1.807, 2.05) is 0 Å². The molecule has 1 unspecified atom stereocenters. The Kier molecular flexibility index (Phi) is 8.46. The number of esters is 2. The number of ether oxygens (including phenoxy) is 4. The van der Waals surface area contributed by atoms with Crippen molar-refractivity contribution < 1.29 is 37.7 Å². The molecule has 0 aliphatic heterocycles. The highest BCUT2D eigenvalue weighted by molar-refractivity contribution is 6.36. The lowest BCUT2D eigenvalue weighted by Crippen LogP contribution is -2.48. The molecule has 0 saturated carbocycles. The summed E-state index contributed by atoms with van der Waals surface area (Å²) in [5.74, 6) is -3.60. The Balaban J connectivity index is 2.89. The van der Waals surface area contributed by atoms with E-state index in [0.29, 0.717) is 0 Å². The minimum absolute atomic E-state index is 0.104. The highest BCUT2D eigenvalue weighted by Gasteiger charge is 2.31. The highest BCUT2D eigenvalue weighted by atomic mass is 35.5. The number of pyridine rings is 1. The Morgan fingerprint density at radius 1 is 1.14 bits per heavy atom. The second-order valence-electron chi connectivity index (χ2n) is 6.71. The summed E-state index contributed by atoms with van der Waals surface area (Å²) < 4.78 is 33.3. The van der Waals surface area contributed by atoms with E-state index in [0.717, 1.165) is 7.11 Å².